The molecule has 5 nitrogen and oxygen atoms in total. The molecule has 0 aliphatic rings. The van der Waals surface area contributed by atoms with Crippen LogP contribution in [0.2, 0.25) is 0 Å². The molecular weight excluding hydrogens is 268 g/mol. The fourth-order valence-electron chi connectivity index (χ4n) is 1.63. The van der Waals surface area contributed by atoms with Gasteiger partial charge >= 0.3 is 6.55 Å². The van der Waals surface area contributed by atoms with Crippen molar-refractivity contribution in [2.75, 3.05) is 5.32 Å². The molecule has 1 N–H and O–H groups in total. The van der Waals surface area contributed by atoms with Crippen molar-refractivity contribution in [3.05, 3.63) is 47.8 Å². The van der Waals surface area contributed by atoms with E-state index >= 15 is 0 Å². The molecule has 0 radical (unpaired) electrons. The number of carbonyl (C=O) groups is 2. The Balaban J connectivity index is 2.15. The summed E-state index contributed by atoms with van der Waals surface area (Å²) in [6.45, 7) is -1.46. The number of ketones is 1. The van der Waals surface area contributed by atoms with Crippen molar-refractivity contribution < 1.29 is 18.4 Å². The van der Waals surface area contributed by atoms with Crippen LogP contribution in [-0.4, -0.2) is 21.5 Å². The average molecular weight is 279 g/mol. The average Bonchev–Trinajstić information content (AvgIpc) is 2.88. The lowest BCUT2D eigenvalue weighted by molar-refractivity contribution is 0.0520. The first-order chi connectivity index (χ1) is 9.49. The van der Waals surface area contributed by atoms with E-state index in [4.69, 9.17) is 0 Å². The SMILES string of the molecule is CC(=O)c1ccc(NC(=O)c2ccnn2C(F)F)cc1. The quantitative estimate of drug-likeness (QED) is 0.875. The Hall–Kier alpha value is -2.57. The number of halogens is 2. The maximum absolute atomic E-state index is 12.6. The van der Waals surface area contributed by atoms with Crippen LogP contribution in [-0.2, 0) is 0 Å². The van der Waals surface area contributed by atoms with Gasteiger partial charge in [0.2, 0.25) is 0 Å². The van der Waals surface area contributed by atoms with Gasteiger partial charge in [0.25, 0.3) is 5.91 Å². The lowest BCUT2D eigenvalue weighted by Crippen LogP contribution is -2.18. The zero-order valence-electron chi connectivity index (χ0n) is 10.5. The smallest absolute Gasteiger partial charge is 0.321 e. The molecule has 1 aromatic carbocycles. The van der Waals surface area contributed by atoms with Crippen LogP contribution < -0.4 is 5.32 Å². The minimum atomic E-state index is -2.88. The fourth-order valence-corrected chi connectivity index (χ4v) is 1.63. The largest absolute Gasteiger partial charge is 0.333 e. The van der Waals surface area contributed by atoms with Gasteiger partial charge in [0.1, 0.15) is 5.69 Å². The van der Waals surface area contributed by atoms with Gasteiger partial charge in [-0.2, -0.15) is 18.6 Å². The number of nitrogens with one attached hydrogen (secondary N) is 1. The van der Waals surface area contributed by atoms with Crippen LogP contribution in [0.3, 0.4) is 0 Å². The molecule has 0 bridgehead atoms. The Morgan fingerprint density at radius 2 is 1.85 bits per heavy atom. The van der Waals surface area contributed by atoms with Crippen molar-refractivity contribution in [3.8, 4) is 0 Å². The van der Waals surface area contributed by atoms with E-state index in [1.165, 1.54) is 25.1 Å². The highest BCUT2D eigenvalue weighted by molar-refractivity contribution is 6.03. The first-order valence-corrected chi connectivity index (χ1v) is 5.73. The summed E-state index contributed by atoms with van der Waals surface area (Å²) in [6, 6.07) is 7.34. The first-order valence-electron chi connectivity index (χ1n) is 5.73. The van der Waals surface area contributed by atoms with Gasteiger partial charge in [0.15, 0.2) is 5.78 Å². The summed E-state index contributed by atoms with van der Waals surface area (Å²) < 4.78 is 25.5. The van der Waals surface area contributed by atoms with Crippen molar-refractivity contribution >= 4 is 17.4 Å². The molecule has 0 unspecified atom stereocenters. The number of carbonyl (C=O) groups excluding carboxylic acids is 2. The summed E-state index contributed by atoms with van der Waals surface area (Å²) in [7, 11) is 0. The number of hydrogen-bond acceptors (Lipinski definition) is 3. The van der Waals surface area contributed by atoms with Gasteiger partial charge in [0, 0.05) is 17.4 Å². The summed E-state index contributed by atoms with van der Waals surface area (Å²) in [5, 5.41) is 5.84. The van der Waals surface area contributed by atoms with Crippen LogP contribution in [0.15, 0.2) is 36.5 Å². The lowest BCUT2D eigenvalue weighted by atomic mass is 10.1. The predicted octanol–water partition coefficient (Wildman–Crippen LogP) is 2.73. The van der Waals surface area contributed by atoms with Crippen molar-refractivity contribution in [1.29, 1.82) is 0 Å². The Labute approximate surface area is 113 Å². The number of amides is 1. The molecule has 0 saturated heterocycles. The van der Waals surface area contributed by atoms with E-state index in [0.717, 1.165) is 6.20 Å². The molecule has 0 saturated carbocycles. The molecule has 1 amide bonds. The predicted molar refractivity (Wildman–Crippen MR) is 67.9 cm³/mol. The summed E-state index contributed by atoms with van der Waals surface area (Å²) in [5.41, 5.74) is 0.665. The van der Waals surface area contributed by atoms with E-state index in [1.807, 2.05) is 0 Å². The second kappa shape index (κ2) is 5.60. The number of alkyl halides is 2. The van der Waals surface area contributed by atoms with Gasteiger partial charge < -0.3 is 5.32 Å². The van der Waals surface area contributed by atoms with Gasteiger partial charge in [0.05, 0.1) is 0 Å². The Morgan fingerprint density at radius 3 is 2.40 bits per heavy atom. The number of nitrogens with zero attached hydrogens (tertiary/aromatic N) is 2. The summed E-state index contributed by atoms with van der Waals surface area (Å²) in [5.74, 6) is -0.794. The molecule has 2 rings (SSSR count). The Kier molecular flexibility index (Phi) is 3.88. The Bertz CT molecular complexity index is 635. The molecule has 0 spiro atoms. The van der Waals surface area contributed by atoms with E-state index in [9.17, 15) is 18.4 Å². The fraction of sp³-hybridized carbons (Fsp3) is 0.154. The number of aromatic nitrogens is 2. The molecular formula is C13H11F2N3O2. The van der Waals surface area contributed by atoms with E-state index in [-0.39, 0.29) is 11.5 Å². The van der Waals surface area contributed by atoms with Gasteiger partial charge in [-0.05, 0) is 37.3 Å². The minimum absolute atomic E-state index is 0.0985. The topological polar surface area (TPSA) is 64.0 Å². The monoisotopic (exact) mass is 279 g/mol. The van der Waals surface area contributed by atoms with Crippen molar-refractivity contribution in [2.45, 2.75) is 13.5 Å². The molecule has 0 aliphatic carbocycles. The van der Waals surface area contributed by atoms with Crippen molar-refractivity contribution in [1.82, 2.24) is 9.78 Å². The minimum Gasteiger partial charge on any atom is -0.321 e. The lowest BCUT2D eigenvalue weighted by Gasteiger charge is -2.07. The third kappa shape index (κ3) is 2.87. The third-order valence-corrected chi connectivity index (χ3v) is 2.64. The number of benzene rings is 1. The maximum atomic E-state index is 12.6. The second-order valence-electron chi connectivity index (χ2n) is 4.03. The van der Waals surface area contributed by atoms with E-state index in [2.05, 4.69) is 10.4 Å². The molecule has 0 atom stereocenters. The van der Waals surface area contributed by atoms with Gasteiger partial charge in [-0.1, -0.05) is 0 Å². The normalized spacial score (nSPS) is 10.6. The highest BCUT2D eigenvalue weighted by Gasteiger charge is 2.17. The number of hydrogen-bond donors (Lipinski definition) is 1. The van der Waals surface area contributed by atoms with Gasteiger partial charge in [-0.25, -0.2) is 0 Å². The molecule has 7 heteroatoms. The number of Topliss-reactive ketones (excluding diaryl/α,β-unsaturated/α-hetero) is 1. The van der Waals surface area contributed by atoms with E-state index in [1.54, 1.807) is 12.1 Å². The van der Waals surface area contributed by atoms with Crippen molar-refractivity contribution in [2.24, 2.45) is 0 Å². The molecule has 0 aliphatic heterocycles. The highest BCUT2D eigenvalue weighted by Crippen LogP contribution is 2.15. The molecule has 104 valence electrons. The third-order valence-electron chi connectivity index (χ3n) is 2.64. The molecule has 1 heterocycles. The highest BCUT2D eigenvalue weighted by atomic mass is 19.3. The van der Waals surface area contributed by atoms with Crippen LogP contribution >= 0.6 is 0 Å². The Morgan fingerprint density at radius 1 is 1.20 bits per heavy atom. The first kappa shape index (κ1) is 13.9. The van der Waals surface area contributed by atoms with E-state index in [0.29, 0.717) is 15.9 Å². The maximum Gasteiger partial charge on any atom is 0.333 e. The van der Waals surface area contributed by atoms with Gasteiger partial charge in [-0.15, -0.1) is 0 Å². The van der Waals surface area contributed by atoms with Crippen LogP contribution in [0.5, 0.6) is 0 Å². The van der Waals surface area contributed by atoms with E-state index < -0.39 is 12.5 Å². The zero-order valence-corrected chi connectivity index (χ0v) is 10.5. The molecule has 1 aromatic heterocycles. The molecule has 0 fully saturated rings. The summed E-state index contributed by atoms with van der Waals surface area (Å²) in [4.78, 5) is 23.0. The molecule has 20 heavy (non-hydrogen) atoms. The number of rotatable bonds is 4. The van der Waals surface area contributed by atoms with Crippen LogP contribution in [0.4, 0.5) is 14.5 Å². The van der Waals surface area contributed by atoms with Crippen LogP contribution in [0.25, 0.3) is 0 Å². The van der Waals surface area contributed by atoms with Gasteiger partial charge in [-0.3, -0.25) is 9.59 Å². The molecule has 2 aromatic rings. The second-order valence-corrected chi connectivity index (χ2v) is 4.03. The summed E-state index contributed by atoms with van der Waals surface area (Å²) in [6.07, 6.45) is 1.12. The zero-order chi connectivity index (χ0) is 14.7. The summed E-state index contributed by atoms with van der Waals surface area (Å²) >= 11 is 0. The standard InChI is InChI=1S/C13H11F2N3O2/c1-8(19)9-2-4-10(5-3-9)17-12(20)11-6-7-16-18(11)13(14)15/h2-7,13H,1H3,(H,17,20). The number of anilines is 1. The van der Waals surface area contributed by atoms with Crippen LogP contribution in [0.1, 0.15) is 34.3 Å². The van der Waals surface area contributed by atoms with Crippen molar-refractivity contribution in [3.63, 3.8) is 0 Å². The van der Waals surface area contributed by atoms with Crippen LogP contribution in [0, 0.1) is 0 Å².